The predicted molar refractivity (Wildman–Crippen MR) is 128 cm³/mol. The van der Waals surface area contributed by atoms with E-state index < -0.39 is 17.7 Å². The SMILES string of the molecule is CCCCCN1C(=O)C(=O)/C(=C(\O)c2ccc(OC)c(C(C)(C)C)c2)C1c1cccc(O)c1. The number of unbranched alkanes of at least 4 members (excludes halogenated alkanes) is 2. The Morgan fingerprint density at radius 3 is 2.42 bits per heavy atom. The highest BCUT2D eigenvalue weighted by molar-refractivity contribution is 6.46. The Hall–Kier alpha value is -3.28. The number of nitrogens with zero attached hydrogens (tertiary/aromatic N) is 1. The molecule has 3 rings (SSSR count). The molecule has 0 radical (unpaired) electrons. The average Bonchev–Trinajstić information content (AvgIpc) is 3.02. The van der Waals surface area contributed by atoms with E-state index in [0.29, 0.717) is 23.4 Å². The van der Waals surface area contributed by atoms with Gasteiger partial charge in [0, 0.05) is 17.7 Å². The first-order valence-electron chi connectivity index (χ1n) is 11.4. The van der Waals surface area contributed by atoms with Gasteiger partial charge < -0.3 is 19.8 Å². The molecule has 0 aromatic heterocycles. The zero-order valence-corrected chi connectivity index (χ0v) is 20.0. The molecule has 2 aromatic rings. The number of benzene rings is 2. The third kappa shape index (κ3) is 4.90. The van der Waals surface area contributed by atoms with Gasteiger partial charge in [-0.25, -0.2) is 0 Å². The standard InChI is InChI=1S/C27H33NO5/c1-6-7-8-14-28-23(17-10-9-11-19(29)15-17)22(25(31)26(28)32)24(30)18-12-13-21(33-5)20(16-18)27(2,3)4/h9-13,15-16,23,29-30H,6-8,14H2,1-5H3/b24-22-. The third-order valence-corrected chi connectivity index (χ3v) is 6.01. The molecule has 1 unspecified atom stereocenters. The lowest BCUT2D eigenvalue weighted by Gasteiger charge is -2.26. The summed E-state index contributed by atoms with van der Waals surface area (Å²) < 4.78 is 5.49. The molecule has 0 bridgehead atoms. The van der Waals surface area contributed by atoms with E-state index in [0.717, 1.165) is 24.8 Å². The number of likely N-dealkylation sites (tertiary alicyclic amines) is 1. The molecule has 33 heavy (non-hydrogen) atoms. The molecule has 1 heterocycles. The summed E-state index contributed by atoms with van der Waals surface area (Å²) in [5.41, 5.74) is 1.67. The highest BCUT2D eigenvalue weighted by Crippen LogP contribution is 2.41. The van der Waals surface area contributed by atoms with Crippen LogP contribution in [0.1, 0.15) is 69.7 Å². The van der Waals surface area contributed by atoms with Crippen molar-refractivity contribution in [3.05, 3.63) is 64.7 Å². The second kappa shape index (κ2) is 9.69. The largest absolute Gasteiger partial charge is 0.508 e. The van der Waals surface area contributed by atoms with E-state index in [1.165, 1.54) is 17.0 Å². The van der Waals surface area contributed by atoms with Crippen LogP contribution in [0.15, 0.2) is 48.0 Å². The van der Waals surface area contributed by atoms with Crippen LogP contribution < -0.4 is 4.74 Å². The van der Waals surface area contributed by atoms with Gasteiger partial charge in [0.05, 0.1) is 18.7 Å². The average molecular weight is 452 g/mol. The van der Waals surface area contributed by atoms with Crippen molar-refractivity contribution in [1.82, 2.24) is 4.90 Å². The molecule has 1 aliphatic heterocycles. The number of Topliss-reactive ketones (excluding diaryl/α,β-unsaturated/α-hetero) is 1. The maximum absolute atomic E-state index is 13.1. The number of aromatic hydroxyl groups is 1. The molecule has 0 spiro atoms. The summed E-state index contributed by atoms with van der Waals surface area (Å²) in [6.07, 6.45) is 2.64. The van der Waals surface area contributed by atoms with Crippen molar-refractivity contribution in [2.45, 2.75) is 58.4 Å². The lowest BCUT2D eigenvalue weighted by atomic mass is 9.84. The number of ketones is 1. The Labute approximate surface area is 195 Å². The second-order valence-electron chi connectivity index (χ2n) is 9.46. The Balaban J connectivity index is 2.19. The van der Waals surface area contributed by atoms with Crippen LogP contribution in [0, 0.1) is 0 Å². The molecular formula is C27H33NO5. The molecule has 1 aliphatic rings. The van der Waals surface area contributed by atoms with Crippen LogP contribution in [0.5, 0.6) is 11.5 Å². The zero-order chi connectivity index (χ0) is 24.3. The number of aliphatic hydroxyl groups is 1. The van der Waals surface area contributed by atoms with E-state index in [2.05, 4.69) is 6.92 Å². The lowest BCUT2D eigenvalue weighted by molar-refractivity contribution is -0.139. The van der Waals surface area contributed by atoms with Crippen molar-refractivity contribution in [2.24, 2.45) is 0 Å². The number of hydrogen-bond acceptors (Lipinski definition) is 5. The fourth-order valence-electron chi connectivity index (χ4n) is 4.28. The Morgan fingerprint density at radius 2 is 1.82 bits per heavy atom. The number of ether oxygens (including phenoxy) is 1. The van der Waals surface area contributed by atoms with Gasteiger partial charge in [0.2, 0.25) is 0 Å². The first kappa shape index (κ1) is 24.4. The maximum Gasteiger partial charge on any atom is 0.295 e. The number of carbonyl (C=O) groups is 2. The van der Waals surface area contributed by atoms with E-state index in [1.807, 2.05) is 20.8 Å². The number of amides is 1. The summed E-state index contributed by atoms with van der Waals surface area (Å²) in [5, 5.41) is 21.4. The number of aliphatic hydroxyl groups excluding tert-OH is 1. The molecule has 1 fully saturated rings. The topological polar surface area (TPSA) is 87.1 Å². The van der Waals surface area contributed by atoms with Crippen LogP contribution in [-0.4, -0.2) is 40.5 Å². The molecule has 1 saturated heterocycles. The second-order valence-corrected chi connectivity index (χ2v) is 9.46. The summed E-state index contributed by atoms with van der Waals surface area (Å²) in [7, 11) is 1.59. The molecule has 1 amide bonds. The van der Waals surface area contributed by atoms with Crippen LogP contribution in [0.2, 0.25) is 0 Å². The van der Waals surface area contributed by atoms with Crippen molar-refractivity contribution >= 4 is 17.4 Å². The van der Waals surface area contributed by atoms with Crippen LogP contribution >= 0.6 is 0 Å². The van der Waals surface area contributed by atoms with Crippen molar-refractivity contribution in [3.8, 4) is 11.5 Å². The van der Waals surface area contributed by atoms with Gasteiger partial charge in [-0.05, 0) is 47.7 Å². The quantitative estimate of drug-likeness (QED) is 0.258. The summed E-state index contributed by atoms with van der Waals surface area (Å²) in [6.45, 7) is 8.57. The number of hydrogen-bond donors (Lipinski definition) is 2. The Bertz CT molecular complexity index is 1080. The fourth-order valence-corrected chi connectivity index (χ4v) is 4.28. The number of rotatable bonds is 7. The minimum absolute atomic E-state index is 0.0334. The first-order chi connectivity index (χ1) is 15.6. The molecule has 6 heteroatoms. The fraction of sp³-hybridized carbons (Fsp3) is 0.407. The van der Waals surface area contributed by atoms with Crippen molar-refractivity contribution in [3.63, 3.8) is 0 Å². The highest BCUT2D eigenvalue weighted by atomic mass is 16.5. The molecule has 1 atom stereocenters. The van der Waals surface area contributed by atoms with E-state index in [4.69, 9.17) is 4.74 Å². The zero-order valence-electron chi connectivity index (χ0n) is 20.0. The molecule has 6 nitrogen and oxygen atoms in total. The van der Waals surface area contributed by atoms with E-state index in [9.17, 15) is 19.8 Å². The molecule has 2 N–H and O–H groups in total. The van der Waals surface area contributed by atoms with Gasteiger partial charge in [0.15, 0.2) is 0 Å². The summed E-state index contributed by atoms with van der Waals surface area (Å²) in [5.74, 6) is -0.862. The molecular weight excluding hydrogens is 418 g/mol. The first-order valence-corrected chi connectivity index (χ1v) is 11.4. The molecule has 0 saturated carbocycles. The molecule has 2 aromatic carbocycles. The van der Waals surface area contributed by atoms with Gasteiger partial charge in [-0.1, -0.05) is 52.7 Å². The van der Waals surface area contributed by atoms with Crippen molar-refractivity contribution in [1.29, 1.82) is 0 Å². The third-order valence-electron chi connectivity index (χ3n) is 6.01. The van der Waals surface area contributed by atoms with E-state index in [1.54, 1.807) is 37.4 Å². The Morgan fingerprint density at radius 1 is 1.09 bits per heavy atom. The lowest BCUT2D eigenvalue weighted by Crippen LogP contribution is -2.30. The number of phenols is 1. The number of methoxy groups -OCH3 is 1. The minimum Gasteiger partial charge on any atom is -0.508 e. The molecule has 176 valence electrons. The predicted octanol–water partition coefficient (Wildman–Crippen LogP) is 5.31. The monoisotopic (exact) mass is 451 g/mol. The summed E-state index contributed by atoms with van der Waals surface area (Å²) in [6, 6.07) is 11.0. The Kier molecular flexibility index (Phi) is 7.15. The van der Waals surface area contributed by atoms with Crippen molar-refractivity contribution in [2.75, 3.05) is 13.7 Å². The van der Waals surface area contributed by atoms with Gasteiger partial charge in [0.1, 0.15) is 17.3 Å². The highest BCUT2D eigenvalue weighted by Gasteiger charge is 2.46. The smallest absolute Gasteiger partial charge is 0.295 e. The number of phenolic OH excluding ortho intramolecular Hbond substituents is 1. The summed E-state index contributed by atoms with van der Waals surface area (Å²) in [4.78, 5) is 27.6. The van der Waals surface area contributed by atoms with Crippen molar-refractivity contribution < 1.29 is 24.5 Å². The van der Waals surface area contributed by atoms with Crippen LogP contribution in [-0.2, 0) is 15.0 Å². The van der Waals surface area contributed by atoms with Gasteiger partial charge >= 0.3 is 0 Å². The van der Waals surface area contributed by atoms with Crippen LogP contribution in [0.4, 0.5) is 0 Å². The van der Waals surface area contributed by atoms with E-state index >= 15 is 0 Å². The van der Waals surface area contributed by atoms with Gasteiger partial charge in [-0.15, -0.1) is 0 Å². The summed E-state index contributed by atoms with van der Waals surface area (Å²) >= 11 is 0. The van der Waals surface area contributed by atoms with Gasteiger partial charge in [-0.2, -0.15) is 0 Å². The normalized spacial score (nSPS) is 18.1. The van der Waals surface area contributed by atoms with E-state index in [-0.39, 0.29) is 22.5 Å². The molecule has 0 aliphatic carbocycles. The van der Waals surface area contributed by atoms with Crippen LogP contribution in [0.3, 0.4) is 0 Å². The van der Waals surface area contributed by atoms with Gasteiger partial charge in [0.25, 0.3) is 11.7 Å². The minimum atomic E-state index is -0.769. The number of carbonyl (C=O) groups excluding carboxylic acids is 2. The van der Waals surface area contributed by atoms with Crippen LogP contribution in [0.25, 0.3) is 5.76 Å². The van der Waals surface area contributed by atoms with Gasteiger partial charge in [-0.3, -0.25) is 9.59 Å². The maximum atomic E-state index is 13.1.